The molecule has 2 N–H and O–H groups in total. The second-order valence-electron chi connectivity index (χ2n) is 7.01. The molecule has 0 saturated carbocycles. The summed E-state index contributed by atoms with van der Waals surface area (Å²) in [6.45, 7) is 11.5. The zero-order chi connectivity index (χ0) is 18.6. The fourth-order valence-electron chi connectivity index (χ4n) is 3.02. The first-order valence-corrected chi connectivity index (χ1v) is 10.7. The van der Waals surface area contributed by atoms with Gasteiger partial charge >= 0.3 is 0 Å². The lowest BCUT2D eigenvalue weighted by atomic mass is 10.0. The van der Waals surface area contributed by atoms with Crippen LogP contribution in [0.2, 0.25) is 0 Å². The molecule has 0 aliphatic carbocycles. The molecule has 0 radical (unpaired) electrons. The van der Waals surface area contributed by atoms with Crippen molar-refractivity contribution in [2.45, 2.75) is 52.5 Å². The Bertz CT molecular complexity index is 527. The Morgan fingerprint density at radius 3 is 2.88 bits per heavy atom. The fourth-order valence-corrected chi connectivity index (χ4v) is 4.04. The van der Waals surface area contributed by atoms with Gasteiger partial charge in [-0.15, -0.1) is 11.3 Å². The molecule has 0 bridgehead atoms. The van der Waals surface area contributed by atoms with E-state index in [1.165, 1.54) is 9.75 Å². The number of ether oxygens (including phenoxy) is 2. The van der Waals surface area contributed by atoms with Gasteiger partial charge in [0.1, 0.15) is 0 Å². The molecule has 1 aliphatic rings. The van der Waals surface area contributed by atoms with Crippen LogP contribution in [-0.2, 0) is 15.9 Å². The van der Waals surface area contributed by atoms with Crippen molar-refractivity contribution in [1.82, 2.24) is 10.6 Å². The molecule has 26 heavy (non-hydrogen) atoms. The molecule has 148 valence electrons. The molecule has 1 atom stereocenters. The summed E-state index contributed by atoms with van der Waals surface area (Å²) in [4.78, 5) is 7.47. The Morgan fingerprint density at radius 2 is 2.19 bits per heavy atom. The standard InChI is InChI=1S/C20H35N3O2S/c1-4-21-20(23-16(2)14-19-7-6-17(3)26-19)22-10-5-11-25-15-18-8-12-24-13-9-18/h6-7,16,18H,4-5,8-15H2,1-3H3,(H2,21,22,23). The average molecular weight is 382 g/mol. The normalized spacial score (nSPS) is 17.3. The van der Waals surface area contributed by atoms with E-state index in [9.17, 15) is 0 Å². The average Bonchev–Trinajstić information content (AvgIpc) is 3.03. The molecule has 1 saturated heterocycles. The Labute approximate surface area is 162 Å². The fraction of sp³-hybridized carbons (Fsp3) is 0.750. The third-order valence-corrected chi connectivity index (χ3v) is 5.46. The minimum absolute atomic E-state index is 0.357. The van der Waals surface area contributed by atoms with Crippen molar-refractivity contribution in [2.75, 3.05) is 39.5 Å². The van der Waals surface area contributed by atoms with E-state index >= 15 is 0 Å². The smallest absolute Gasteiger partial charge is 0.191 e. The summed E-state index contributed by atoms with van der Waals surface area (Å²) in [5.74, 6) is 1.57. The lowest BCUT2D eigenvalue weighted by Gasteiger charge is -2.21. The topological polar surface area (TPSA) is 54.9 Å². The maximum Gasteiger partial charge on any atom is 0.191 e. The number of aliphatic imine (C=N–C) groups is 1. The van der Waals surface area contributed by atoms with Crippen LogP contribution in [0.3, 0.4) is 0 Å². The predicted molar refractivity (Wildman–Crippen MR) is 110 cm³/mol. The van der Waals surface area contributed by atoms with Gasteiger partial charge in [-0.2, -0.15) is 0 Å². The number of hydrogen-bond donors (Lipinski definition) is 2. The van der Waals surface area contributed by atoms with Crippen molar-refractivity contribution in [3.8, 4) is 0 Å². The highest BCUT2D eigenvalue weighted by Gasteiger charge is 2.13. The molecular formula is C20H35N3O2S. The Hall–Kier alpha value is -1.11. The van der Waals surface area contributed by atoms with Crippen LogP contribution in [0.5, 0.6) is 0 Å². The number of aryl methyl sites for hydroxylation is 1. The van der Waals surface area contributed by atoms with Crippen LogP contribution in [0, 0.1) is 12.8 Å². The third-order valence-electron chi connectivity index (χ3n) is 4.44. The van der Waals surface area contributed by atoms with Crippen molar-refractivity contribution < 1.29 is 9.47 Å². The van der Waals surface area contributed by atoms with Crippen molar-refractivity contribution >= 4 is 17.3 Å². The first-order chi connectivity index (χ1) is 12.7. The molecule has 0 spiro atoms. The summed E-state index contributed by atoms with van der Waals surface area (Å²) in [5, 5.41) is 6.84. The van der Waals surface area contributed by atoms with Crippen LogP contribution < -0.4 is 10.6 Å². The number of hydrogen-bond acceptors (Lipinski definition) is 4. The number of guanidine groups is 1. The largest absolute Gasteiger partial charge is 0.381 e. The molecule has 1 fully saturated rings. The first kappa shape index (κ1) is 21.2. The van der Waals surface area contributed by atoms with Crippen molar-refractivity contribution in [3.05, 3.63) is 21.9 Å². The zero-order valence-corrected chi connectivity index (χ0v) is 17.4. The third kappa shape index (κ3) is 8.52. The second-order valence-corrected chi connectivity index (χ2v) is 8.38. The SMILES string of the molecule is CCNC(=NCCCOCC1CCOCC1)NC(C)Cc1ccc(C)s1. The predicted octanol–water partition coefficient (Wildman–Crippen LogP) is 3.38. The minimum atomic E-state index is 0.357. The number of rotatable bonds is 10. The molecule has 1 unspecified atom stereocenters. The van der Waals surface area contributed by atoms with Crippen LogP contribution >= 0.6 is 11.3 Å². The van der Waals surface area contributed by atoms with Gasteiger partial charge in [0, 0.05) is 61.7 Å². The van der Waals surface area contributed by atoms with Gasteiger partial charge in [-0.25, -0.2) is 0 Å². The van der Waals surface area contributed by atoms with Crippen LogP contribution in [0.1, 0.15) is 42.9 Å². The van der Waals surface area contributed by atoms with E-state index in [-0.39, 0.29) is 0 Å². The summed E-state index contributed by atoms with van der Waals surface area (Å²) in [7, 11) is 0. The zero-order valence-electron chi connectivity index (χ0n) is 16.6. The van der Waals surface area contributed by atoms with Gasteiger partial charge in [0.05, 0.1) is 0 Å². The van der Waals surface area contributed by atoms with Crippen LogP contribution in [0.4, 0.5) is 0 Å². The molecular weight excluding hydrogens is 346 g/mol. The lowest BCUT2D eigenvalue weighted by Crippen LogP contribution is -2.43. The minimum Gasteiger partial charge on any atom is -0.381 e. The monoisotopic (exact) mass is 381 g/mol. The summed E-state index contributed by atoms with van der Waals surface area (Å²) < 4.78 is 11.2. The maximum absolute atomic E-state index is 5.81. The first-order valence-electron chi connectivity index (χ1n) is 9.93. The van der Waals surface area contributed by atoms with Gasteiger partial charge in [-0.3, -0.25) is 4.99 Å². The van der Waals surface area contributed by atoms with Gasteiger partial charge in [0.15, 0.2) is 5.96 Å². The summed E-state index contributed by atoms with van der Waals surface area (Å²) in [6, 6.07) is 4.76. The molecule has 0 aromatic carbocycles. The molecule has 2 heterocycles. The van der Waals surface area contributed by atoms with Gasteiger partial charge in [-0.05, 0) is 58.1 Å². The van der Waals surface area contributed by atoms with E-state index in [0.717, 1.165) is 71.2 Å². The van der Waals surface area contributed by atoms with E-state index in [4.69, 9.17) is 9.47 Å². The molecule has 5 nitrogen and oxygen atoms in total. The highest BCUT2D eigenvalue weighted by Crippen LogP contribution is 2.16. The van der Waals surface area contributed by atoms with Crippen molar-refractivity contribution in [2.24, 2.45) is 10.9 Å². The van der Waals surface area contributed by atoms with Gasteiger partial charge in [0.2, 0.25) is 0 Å². The quantitative estimate of drug-likeness (QED) is 0.371. The van der Waals surface area contributed by atoms with E-state index in [1.807, 2.05) is 11.3 Å². The Balaban J connectivity index is 1.63. The van der Waals surface area contributed by atoms with Gasteiger partial charge in [-0.1, -0.05) is 0 Å². The van der Waals surface area contributed by atoms with Crippen molar-refractivity contribution in [3.63, 3.8) is 0 Å². The van der Waals surface area contributed by atoms with Crippen LogP contribution in [0.15, 0.2) is 17.1 Å². The van der Waals surface area contributed by atoms with Gasteiger partial charge in [0.25, 0.3) is 0 Å². The molecule has 6 heteroatoms. The van der Waals surface area contributed by atoms with E-state index in [1.54, 1.807) is 0 Å². The second kappa shape index (κ2) is 12.3. The van der Waals surface area contributed by atoms with Crippen molar-refractivity contribution in [1.29, 1.82) is 0 Å². The highest BCUT2D eigenvalue weighted by atomic mass is 32.1. The van der Waals surface area contributed by atoms with Gasteiger partial charge < -0.3 is 20.1 Å². The molecule has 1 aliphatic heterocycles. The van der Waals surface area contributed by atoms with E-state index in [2.05, 4.69) is 48.5 Å². The van der Waals surface area contributed by atoms with Crippen LogP contribution in [0.25, 0.3) is 0 Å². The molecule has 0 amide bonds. The summed E-state index contributed by atoms with van der Waals surface area (Å²) in [5.41, 5.74) is 0. The van der Waals surface area contributed by atoms with Crippen LogP contribution in [-0.4, -0.2) is 51.5 Å². The van der Waals surface area contributed by atoms with E-state index in [0.29, 0.717) is 12.0 Å². The summed E-state index contributed by atoms with van der Waals surface area (Å²) in [6.07, 6.45) is 4.25. The highest BCUT2D eigenvalue weighted by molar-refractivity contribution is 7.11. The number of nitrogens with one attached hydrogen (secondary N) is 2. The number of thiophene rings is 1. The lowest BCUT2D eigenvalue weighted by molar-refractivity contribution is 0.0205. The summed E-state index contributed by atoms with van der Waals surface area (Å²) >= 11 is 1.87. The van der Waals surface area contributed by atoms with E-state index < -0.39 is 0 Å². The number of nitrogens with zero attached hydrogens (tertiary/aromatic N) is 1. The molecule has 1 aromatic heterocycles. The Kier molecular flexibility index (Phi) is 10.0. The Morgan fingerprint density at radius 1 is 1.38 bits per heavy atom. The molecule has 2 rings (SSSR count). The maximum atomic E-state index is 5.81. The molecule has 1 aromatic rings.